The van der Waals surface area contributed by atoms with Crippen molar-refractivity contribution in [3.63, 3.8) is 0 Å². The Balaban J connectivity index is 1.12. The number of hydrogen-bond acceptors (Lipinski definition) is 24. The van der Waals surface area contributed by atoms with E-state index in [1.807, 2.05) is 30.3 Å². The molecule has 4 rings (SSSR count). The molecule has 2 aromatic carbocycles. The third kappa shape index (κ3) is 37.8. The van der Waals surface area contributed by atoms with Crippen LogP contribution in [0.15, 0.2) is 48.5 Å². The predicted molar refractivity (Wildman–Crippen MR) is 366 cm³/mol. The summed E-state index contributed by atoms with van der Waals surface area (Å²) in [4.78, 5) is 112. The average molecular weight is 1430 g/mol. The van der Waals surface area contributed by atoms with Crippen LogP contribution >= 0.6 is 0 Å². The Kier molecular flexibility index (Phi) is 44.7. The molecule has 0 bridgehead atoms. The number of unbranched alkanes of at least 4 members (excludes halogenated alkanes) is 15. The minimum absolute atomic E-state index is 0.0246. The summed E-state index contributed by atoms with van der Waals surface area (Å²) in [6.45, 7) is 5.67. The highest BCUT2D eigenvalue weighted by Crippen LogP contribution is 2.27. The van der Waals surface area contributed by atoms with Gasteiger partial charge in [0.15, 0.2) is 18.7 Å². The average Bonchev–Trinajstić information content (AvgIpc) is 0.810. The molecule has 6 amide bonds. The Morgan fingerprint density at radius 3 is 1.44 bits per heavy atom. The maximum atomic E-state index is 13.5. The van der Waals surface area contributed by atoms with Crippen LogP contribution in [-0.2, 0) is 92.3 Å². The fourth-order valence-electron chi connectivity index (χ4n) is 11.1. The number of ether oxygens (including phenoxy) is 11. The van der Waals surface area contributed by atoms with Gasteiger partial charge in [-0.25, -0.2) is 0 Å². The Morgan fingerprint density at radius 2 is 0.921 bits per heavy atom. The van der Waals surface area contributed by atoms with Crippen LogP contribution in [0.3, 0.4) is 0 Å². The number of aliphatic hydroxyl groups is 4. The van der Waals surface area contributed by atoms with Crippen LogP contribution in [0.5, 0.6) is 0 Å². The molecule has 0 spiro atoms. The maximum Gasteiger partial charge on any atom is 0.306 e. The van der Waals surface area contributed by atoms with Gasteiger partial charge in [0.2, 0.25) is 23.6 Å². The molecule has 10 atom stereocenters. The molecule has 2 fully saturated rings. The lowest BCUT2D eigenvalue weighted by Crippen LogP contribution is -2.65. The minimum Gasteiger partial charge on any atom is -0.463 e. The van der Waals surface area contributed by atoms with E-state index in [9.17, 15) is 63.6 Å². The standard InChI is InChI=1S/C71H112N6O24/c1-49(79)75-62-66(88)64(86)57(46-78)100-70(62)95-41-39-93-37-35-91-33-31-73-68(89)54-43-55(69(90)74-32-34-92-36-38-94-40-42-96-71-63(76-50(2)80)67(99-52(4)82)65(87)58(101-71)48-97-51(3)81)45-56(44-54)77-60(84)28-22-15-11-8-7-10-14-21-27-59(83)72-30-24-17-13-9-5-6-12-16-23-29-61(85)98-47-53-25-19-18-20-26-53/h18-20,25-26,43-45,57-58,62-67,70-71,78,86-88H,5-17,21-24,27-42,46-48H2,1-4H3,(H,72,83)(H,73,89)(H,74,90)(H,75,79)(H,76,80)(H,77,84)/t57-,58-,62-,63-,64+,65+,66-,67-,70?,71?/m1/s1. The Bertz CT molecular complexity index is 2730. The fraction of sp³-hybridized carbons (Fsp3) is 0.704. The molecule has 0 radical (unpaired) electrons. The highest BCUT2D eigenvalue weighted by Gasteiger charge is 2.49. The lowest BCUT2D eigenvalue weighted by Gasteiger charge is -2.43. The van der Waals surface area contributed by atoms with E-state index in [4.69, 9.17) is 52.1 Å². The lowest BCUT2D eigenvalue weighted by molar-refractivity contribution is -0.276. The number of esters is 3. The van der Waals surface area contributed by atoms with E-state index in [0.717, 1.165) is 102 Å². The van der Waals surface area contributed by atoms with E-state index in [2.05, 4.69) is 31.9 Å². The highest BCUT2D eigenvalue weighted by molar-refractivity contribution is 6.02. The molecule has 2 unspecified atom stereocenters. The molecular formula is C71H112N6O24. The molecular weight excluding hydrogens is 1320 g/mol. The van der Waals surface area contributed by atoms with Gasteiger partial charge in [-0.15, -0.1) is 0 Å². The van der Waals surface area contributed by atoms with E-state index in [0.29, 0.717) is 32.4 Å². The molecule has 30 nitrogen and oxygen atoms in total. The minimum atomic E-state index is -1.47. The number of carbonyl (C=O) groups excluding carboxylic acids is 9. The highest BCUT2D eigenvalue weighted by atomic mass is 16.7. The second kappa shape index (κ2) is 52.2. The van der Waals surface area contributed by atoms with Gasteiger partial charge in [0.25, 0.3) is 11.8 Å². The normalized spacial score (nSPS) is 20.2. The van der Waals surface area contributed by atoms with E-state index in [1.165, 1.54) is 51.8 Å². The van der Waals surface area contributed by atoms with Crippen LogP contribution in [0, 0.1) is 0 Å². The van der Waals surface area contributed by atoms with Gasteiger partial charge in [-0.2, -0.15) is 0 Å². The van der Waals surface area contributed by atoms with Crippen LogP contribution in [-0.4, -0.2) is 234 Å². The van der Waals surface area contributed by atoms with Crippen molar-refractivity contribution in [3.8, 4) is 0 Å². The molecule has 30 heteroatoms. The van der Waals surface area contributed by atoms with Gasteiger partial charge in [-0.3, -0.25) is 43.2 Å². The second-order valence-corrected chi connectivity index (χ2v) is 24.9. The smallest absolute Gasteiger partial charge is 0.306 e. The predicted octanol–water partition coefficient (Wildman–Crippen LogP) is 3.87. The number of nitrogens with one attached hydrogen (secondary N) is 6. The third-order valence-electron chi connectivity index (χ3n) is 16.3. The van der Waals surface area contributed by atoms with Crippen LogP contribution in [0.25, 0.3) is 0 Å². The number of carbonyl (C=O) groups is 9. The summed E-state index contributed by atoms with van der Waals surface area (Å²) < 4.78 is 60.9. The van der Waals surface area contributed by atoms with Gasteiger partial charge in [-0.1, -0.05) is 114 Å². The van der Waals surface area contributed by atoms with Crippen molar-refractivity contribution in [1.29, 1.82) is 0 Å². The second-order valence-electron chi connectivity index (χ2n) is 24.9. The fourth-order valence-corrected chi connectivity index (χ4v) is 11.1. The van der Waals surface area contributed by atoms with Gasteiger partial charge >= 0.3 is 17.9 Å². The van der Waals surface area contributed by atoms with Crippen LogP contribution in [0.2, 0.25) is 0 Å². The summed E-state index contributed by atoms with van der Waals surface area (Å²) in [5.41, 5.74) is 1.44. The first-order valence-corrected chi connectivity index (χ1v) is 35.6. The molecule has 2 saturated heterocycles. The lowest BCUT2D eigenvalue weighted by atomic mass is 9.96. The van der Waals surface area contributed by atoms with Crippen molar-refractivity contribution in [2.24, 2.45) is 0 Å². The molecule has 10 N–H and O–H groups in total. The summed E-state index contributed by atoms with van der Waals surface area (Å²) in [6.07, 6.45) is 7.89. The third-order valence-corrected chi connectivity index (χ3v) is 16.3. The van der Waals surface area contributed by atoms with Gasteiger partial charge in [0.05, 0.1) is 72.7 Å². The van der Waals surface area contributed by atoms with Crippen molar-refractivity contribution < 1.29 is 116 Å². The van der Waals surface area contributed by atoms with Crippen molar-refractivity contribution in [1.82, 2.24) is 26.6 Å². The first-order valence-electron chi connectivity index (χ1n) is 35.6. The van der Waals surface area contributed by atoms with Crippen molar-refractivity contribution in [2.75, 3.05) is 104 Å². The number of anilines is 1. The van der Waals surface area contributed by atoms with Crippen molar-refractivity contribution in [3.05, 3.63) is 65.2 Å². The van der Waals surface area contributed by atoms with E-state index in [1.54, 1.807) is 0 Å². The number of amides is 6. The summed E-state index contributed by atoms with van der Waals surface area (Å²) in [5.74, 6) is -3.77. The number of aliphatic hydroxyl groups excluding tert-OH is 4. The Labute approximate surface area is 592 Å². The zero-order chi connectivity index (χ0) is 73.4. The Morgan fingerprint density at radius 1 is 0.455 bits per heavy atom. The molecule has 2 aliphatic heterocycles. The maximum absolute atomic E-state index is 13.5. The van der Waals surface area contributed by atoms with Crippen LogP contribution in [0.4, 0.5) is 5.69 Å². The van der Waals surface area contributed by atoms with E-state index >= 15 is 0 Å². The number of hydrogen-bond donors (Lipinski definition) is 10. The van der Waals surface area contributed by atoms with Gasteiger partial charge in [0, 0.05) is 83.4 Å². The topological polar surface area (TPSA) is 408 Å². The Hall–Kier alpha value is -6.81. The zero-order valence-corrected chi connectivity index (χ0v) is 59.3. The number of rotatable bonds is 54. The van der Waals surface area contributed by atoms with E-state index in [-0.39, 0.29) is 127 Å². The van der Waals surface area contributed by atoms with Crippen molar-refractivity contribution >= 4 is 59.0 Å². The molecule has 0 aromatic heterocycles. The van der Waals surface area contributed by atoms with Gasteiger partial charge in [-0.05, 0) is 49.4 Å². The largest absolute Gasteiger partial charge is 0.463 e. The molecule has 0 aliphatic carbocycles. The van der Waals surface area contributed by atoms with Gasteiger partial charge < -0.3 is 104 Å². The summed E-state index contributed by atoms with van der Waals surface area (Å²) in [6, 6.07) is 11.8. The van der Waals surface area contributed by atoms with E-state index < -0.39 is 103 Å². The SMILES string of the molecule is CC(=O)N[C@H]1C(OCCOCCOCCNC(=O)c2cc(NC(=O)CCCCCCCCCCC(=O)NCCCCCCCCCCCC(=O)OCc3ccccc3)cc(C(=O)NCCOCCOCCOC3O[C@H](COC(C)=O)[C@H](O)[C@H](OC(C)=O)[C@H]3NC(C)=O)c2)O[C@H](CO)[C@H](O)[C@@H]1O. The zero-order valence-electron chi connectivity index (χ0n) is 59.3. The first kappa shape index (κ1) is 86.6. The summed E-state index contributed by atoms with van der Waals surface area (Å²) >= 11 is 0. The summed E-state index contributed by atoms with van der Waals surface area (Å²) in [7, 11) is 0. The van der Waals surface area contributed by atoms with Crippen LogP contribution in [0.1, 0.15) is 182 Å². The molecule has 570 valence electrons. The molecule has 0 saturated carbocycles. The monoisotopic (exact) mass is 1430 g/mol. The molecule has 2 aliphatic rings. The van der Waals surface area contributed by atoms with Crippen molar-refractivity contribution in [2.45, 2.75) is 224 Å². The molecule has 2 aromatic rings. The quantitative estimate of drug-likeness (QED) is 0.0255. The molecule has 101 heavy (non-hydrogen) atoms. The van der Waals surface area contributed by atoms with Crippen LogP contribution < -0.4 is 31.9 Å². The first-order chi connectivity index (χ1) is 48.8. The molecule has 2 heterocycles. The summed E-state index contributed by atoms with van der Waals surface area (Å²) in [5, 5.41) is 57.6. The number of benzene rings is 2. The van der Waals surface area contributed by atoms with Gasteiger partial charge in [0.1, 0.15) is 55.8 Å².